The summed E-state index contributed by atoms with van der Waals surface area (Å²) in [7, 11) is 0. The van der Waals surface area contributed by atoms with Crippen LogP contribution >= 0.6 is 0 Å². The Hall–Kier alpha value is -1.14. The van der Waals surface area contributed by atoms with Crippen molar-refractivity contribution in [3.05, 3.63) is 35.1 Å². The van der Waals surface area contributed by atoms with Crippen molar-refractivity contribution < 1.29 is 22.7 Å². The van der Waals surface area contributed by atoms with Crippen LogP contribution in [0.25, 0.3) is 0 Å². The SMILES string of the molecule is CCC(C)[C@H](O)[C@H](N)c1cc(F)cc(C(F)(F)F)c1. The molecule has 108 valence electrons. The maximum atomic E-state index is 13.2. The summed E-state index contributed by atoms with van der Waals surface area (Å²) in [4.78, 5) is 0. The summed E-state index contributed by atoms with van der Waals surface area (Å²) in [5, 5.41) is 9.90. The van der Waals surface area contributed by atoms with Gasteiger partial charge in [-0.2, -0.15) is 13.2 Å². The van der Waals surface area contributed by atoms with Crippen molar-refractivity contribution in [1.82, 2.24) is 0 Å². The van der Waals surface area contributed by atoms with E-state index in [2.05, 4.69) is 0 Å². The van der Waals surface area contributed by atoms with Gasteiger partial charge in [-0.1, -0.05) is 20.3 Å². The summed E-state index contributed by atoms with van der Waals surface area (Å²) in [6, 6.07) is 1.06. The molecule has 19 heavy (non-hydrogen) atoms. The minimum Gasteiger partial charge on any atom is -0.391 e. The molecule has 1 aromatic carbocycles. The number of alkyl halides is 3. The quantitative estimate of drug-likeness (QED) is 0.831. The van der Waals surface area contributed by atoms with Crippen molar-refractivity contribution in [2.45, 2.75) is 38.6 Å². The third kappa shape index (κ3) is 3.91. The van der Waals surface area contributed by atoms with Gasteiger partial charge in [-0.25, -0.2) is 4.39 Å². The van der Waals surface area contributed by atoms with Crippen LogP contribution in [0.3, 0.4) is 0 Å². The Balaban J connectivity index is 3.10. The molecule has 0 heterocycles. The molecule has 1 rings (SSSR count). The van der Waals surface area contributed by atoms with E-state index in [-0.39, 0.29) is 11.5 Å². The molecule has 0 bridgehead atoms. The second-order valence-electron chi connectivity index (χ2n) is 4.67. The molecule has 0 amide bonds. The average molecular weight is 279 g/mol. The molecule has 0 fully saturated rings. The summed E-state index contributed by atoms with van der Waals surface area (Å²) in [5.41, 5.74) is 4.55. The van der Waals surface area contributed by atoms with Crippen molar-refractivity contribution in [1.29, 1.82) is 0 Å². The highest BCUT2D eigenvalue weighted by atomic mass is 19.4. The first kappa shape index (κ1) is 15.9. The van der Waals surface area contributed by atoms with Crippen LogP contribution in [0.1, 0.15) is 37.4 Å². The second kappa shape index (κ2) is 5.88. The predicted octanol–water partition coefficient (Wildman–Crippen LogP) is 3.25. The molecule has 0 spiro atoms. The molecular formula is C13H17F4NO. The van der Waals surface area contributed by atoms with Gasteiger partial charge in [0.05, 0.1) is 17.7 Å². The van der Waals surface area contributed by atoms with E-state index in [0.717, 1.165) is 12.1 Å². The fourth-order valence-electron chi connectivity index (χ4n) is 1.76. The van der Waals surface area contributed by atoms with Gasteiger partial charge in [0.1, 0.15) is 5.82 Å². The number of aliphatic hydroxyl groups is 1. The van der Waals surface area contributed by atoms with E-state index in [1.807, 2.05) is 6.92 Å². The normalized spacial score (nSPS) is 17.1. The number of rotatable bonds is 4. The maximum absolute atomic E-state index is 13.2. The van der Waals surface area contributed by atoms with Crippen LogP contribution < -0.4 is 5.73 Å². The minimum atomic E-state index is -4.64. The summed E-state index contributed by atoms with van der Waals surface area (Å²) < 4.78 is 50.9. The fraction of sp³-hybridized carbons (Fsp3) is 0.538. The highest BCUT2D eigenvalue weighted by Gasteiger charge is 2.32. The third-order valence-corrected chi connectivity index (χ3v) is 3.23. The number of hydrogen-bond acceptors (Lipinski definition) is 2. The van der Waals surface area contributed by atoms with E-state index in [1.54, 1.807) is 6.92 Å². The molecule has 3 N–H and O–H groups in total. The number of aliphatic hydroxyl groups excluding tert-OH is 1. The van der Waals surface area contributed by atoms with Crippen LogP contribution in [0.2, 0.25) is 0 Å². The van der Waals surface area contributed by atoms with Crippen molar-refractivity contribution in [2.24, 2.45) is 11.7 Å². The molecule has 0 aliphatic carbocycles. The van der Waals surface area contributed by atoms with Gasteiger partial charge in [0.2, 0.25) is 0 Å². The van der Waals surface area contributed by atoms with Gasteiger partial charge in [-0.05, 0) is 29.7 Å². The molecule has 1 unspecified atom stereocenters. The molecule has 6 heteroatoms. The van der Waals surface area contributed by atoms with Gasteiger partial charge in [-0.3, -0.25) is 0 Å². The van der Waals surface area contributed by atoms with Crippen LogP contribution in [0.15, 0.2) is 18.2 Å². The van der Waals surface area contributed by atoms with Gasteiger partial charge in [0.25, 0.3) is 0 Å². The summed E-state index contributed by atoms with van der Waals surface area (Å²) in [5.74, 6) is -1.20. The zero-order valence-corrected chi connectivity index (χ0v) is 10.7. The Kier molecular flexibility index (Phi) is 4.92. The lowest BCUT2D eigenvalue weighted by Crippen LogP contribution is -2.31. The number of halogens is 4. The van der Waals surface area contributed by atoms with Gasteiger partial charge in [0.15, 0.2) is 0 Å². The van der Waals surface area contributed by atoms with E-state index >= 15 is 0 Å². The lowest BCUT2D eigenvalue weighted by atomic mass is 9.91. The Morgan fingerprint density at radius 1 is 1.26 bits per heavy atom. The molecule has 0 aliphatic rings. The lowest BCUT2D eigenvalue weighted by molar-refractivity contribution is -0.137. The predicted molar refractivity (Wildman–Crippen MR) is 63.8 cm³/mol. The van der Waals surface area contributed by atoms with E-state index in [9.17, 15) is 22.7 Å². The molecule has 2 nitrogen and oxygen atoms in total. The van der Waals surface area contributed by atoms with Crippen molar-refractivity contribution in [3.63, 3.8) is 0 Å². The van der Waals surface area contributed by atoms with Crippen molar-refractivity contribution >= 4 is 0 Å². The fourth-order valence-corrected chi connectivity index (χ4v) is 1.76. The first-order valence-electron chi connectivity index (χ1n) is 5.98. The molecule has 0 aromatic heterocycles. The first-order chi connectivity index (χ1) is 8.66. The monoisotopic (exact) mass is 279 g/mol. The molecule has 0 aliphatic heterocycles. The number of benzene rings is 1. The zero-order chi connectivity index (χ0) is 14.8. The van der Waals surface area contributed by atoms with Crippen LogP contribution in [0.4, 0.5) is 17.6 Å². The van der Waals surface area contributed by atoms with E-state index in [0.29, 0.717) is 12.5 Å². The molecule has 3 atom stereocenters. The maximum Gasteiger partial charge on any atom is 0.416 e. The van der Waals surface area contributed by atoms with E-state index < -0.39 is 29.7 Å². The zero-order valence-electron chi connectivity index (χ0n) is 10.7. The standard InChI is InChI=1S/C13H17F4NO/c1-3-7(2)12(19)11(18)8-4-9(13(15,16)17)6-10(14)5-8/h4-7,11-12,19H,3,18H2,1-2H3/t7?,11-,12+/m1/s1. The Morgan fingerprint density at radius 2 is 1.84 bits per heavy atom. The highest BCUT2D eigenvalue weighted by Crippen LogP contribution is 2.32. The van der Waals surface area contributed by atoms with Gasteiger partial charge < -0.3 is 10.8 Å². The first-order valence-corrected chi connectivity index (χ1v) is 5.98. The van der Waals surface area contributed by atoms with Gasteiger partial charge >= 0.3 is 6.18 Å². The molecule has 0 radical (unpaired) electrons. The van der Waals surface area contributed by atoms with Crippen LogP contribution in [-0.2, 0) is 6.18 Å². The average Bonchev–Trinajstić information content (AvgIpc) is 2.34. The largest absolute Gasteiger partial charge is 0.416 e. The molecule has 0 saturated heterocycles. The van der Waals surface area contributed by atoms with Crippen molar-refractivity contribution in [3.8, 4) is 0 Å². The van der Waals surface area contributed by atoms with E-state index in [4.69, 9.17) is 5.73 Å². The smallest absolute Gasteiger partial charge is 0.391 e. The molecular weight excluding hydrogens is 262 g/mol. The lowest BCUT2D eigenvalue weighted by Gasteiger charge is -2.24. The van der Waals surface area contributed by atoms with Crippen LogP contribution in [0, 0.1) is 11.7 Å². The minimum absolute atomic E-state index is 0.0554. The summed E-state index contributed by atoms with van der Waals surface area (Å²) in [6.45, 7) is 3.56. The number of nitrogens with two attached hydrogens (primary N) is 1. The van der Waals surface area contributed by atoms with Gasteiger partial charge in [-0.15, -0.1) is 0 Å². The molecule has 1 aromatic rings. The Labute approximate surface area is 109 Å². The summed E-state index contributed by atoms with van der Waals surface area (Å²) >= 11 is 0. The summed E-state index contributed by atoms with van der Waals surface area (Å²) in [6.07, 6.45) is -5.04. The second-order valence-corrected chi connectivity index (χ2v) is 4.67. The van der Waals surface area contributed by atoms with Crippen LogP contribution in [0.5, 0.6) is 0 Å². The Bertz CT molecular complexity index is 433. The van der Waals surface area contributed by atoms with Crippen molar-refractivity contribution in [2.75, 3.05) is 0 Å². The topological polar surface area (TPSA) is 46.2 Å². The van der Waals surface area contributed by atoms with Crippen LogP contribution in [-0.4, -0.2) is 11.2 Å². The Morgan fingerprint density at radius 3 is 2.32 bits per heavy atom. The highest BCUT2D eigenvalue weighted by molar-refractivity contribution is 5.29. The third-order valence-electron chi connectivity index (χ3n) is 3.23. The molecule has 0 saturated carbocycles. The number of hydrogen-bond donors (Lipinski definition) is 2. The van der Waals surface area contributed by atoms with E-state index in [1.165, 1.54) is 0 Å². The van der Waals surface area contributed by atoms with Gasteiger partial charge in [0, 0.05) is 0 Å².